The van der Waals surface area contributed by atoms with Crippen LogP contribution in [0.25, 0.3) is 10.7 Å². The number of hydrogen-bond acceptors (Lipinski definition) is 4. The Labute approximate surface area is 86.2 Å². The second kappa shape index (κ2) is 3.89. The second-order valence-corrected chi connectivity index (χ2v) is 3.82. The van der Waals surface area contributed by atoms with Crippen molar-refractivity contribution < 1.29 is 4.74 Å². The zero-order valence-corrected chi connectivity index (χ0v) is 8.91. The fourth-order valence-corrected chi connectivity index (χ4v) is 2.06. The molecular weight excluding hydrogens is 198 g/mol. The number of ether oxygens (including phenoxy) is 1. The maximum Gasteiger partial charge on any atom is 0.141 e. The summed E-state index contributed by atoms with van der Waals surface area (Å²) in [7, 11) is 3.63. The average Bonchev–Trinajstić information content (AvgIpc) is 2.74. The van der Waals surface area contributed by atoms with Crippen LogP contribution in [0, 0.1) is 0 Å². The third-order valence-electron chi connectivity index (χ3n) is 1.88. The molecule has 74 valence electrons. The molecule has 0 atom stereocenters. The van der Waals surface area contributed by atoms with Gasteiger partial charge in [-0.15, -0.1) is 11.3 Å². The molecule has 0 aromatic carbocycles. The van der Waals surface area contributed by atoms with E-state index < -0.39 is 0 Å². The summed E-state index contributed by atoms with van der Waals surface area (Å²) in [5.74, 6) is 0. The predicted octanol–water partition coefficient (Wildman–Crippen LogP) is 1.69. The summed E-state index contributed by atoms with van der Waals surface area (Å²) < 4.78 is 6.96. The lowest BCUT2D eigenvalue weighted by Crippen LogP contribution is -1.90. The smallest absolute Gasteiger partial charge is 0.141 e. The molecule has 0 aliphatic carbocycles. The summed E-state index contributed by atoms with van der Waals surface area (Å²) in [4.78, 5) is 8.49. The van der Waals surface area contributed by atoms with Gasteiger partial charge in [0.25, 0.3) is 0 Å². The zero-order chi connectivity index (χ0) is 9.97. The van der Waals surface area contributed by atoms with Crippen LogP contribution < -0.4 is 0 Å². The molecule has 0 aliphatic heterocycles. The van der Waals surface area contributed by atoms with Crippen LogP contribution in [0.1, 0.15) is 5.69 Å². The molecule has 14 heavy (non-hydrogen) atoms. The van der Waals surface area contributed by atoms with Crippen molar-refractivity contribution in [1.29, 1.82) is 0 Å². The Morgan fingerprint density at radius 3 is 3.07 bits per heavy atom. The van der Waals surface area contributed by atoms with Crippen LogP contribution in [0.3, 0.4) is 0 Å². The highest BCUT2D eigenvalue weighted by Crippen LogP contribution is 2.22. The monoisotopic (exact) mass is 209 g/mol. The van der Waals surface area contributed by atoms with Gasteiger partial charge in [0.05, 0.1) is 30.5 Å². The van der Waals surface area contributed by atoms with Gasteiger partial charge in [0.2, 0.25) is 0 Å². The van der Waals surface area contributed by atoms with E-state index in [1.807, 2.05) is 23.2 Å². The van der Waals surface area contributed by atoms with Crippen LogP contribution in [0.2, 0.25) is 0 Å². The molecule has 0 saturated heterocycles. The van der Waals surface area contributed by atoms with Gasteiger partial charge in [0.1, 0.15) is 5.01 Å². The summed E-state index contributed by atoms with van der Waals surface area (Å²) in [6, 6.07) is 0. The van der Waals surface area contributed by atoms with Gasteiger partial charge in [-0.25, -0.2) is 9.97 Å². The number of aryl methyl sites for hydroxylation is 1. The molecule has 0 N–H and O–H groups in total. The summed E-state index contributed by atoms with van der Waals surface area (Å²) in [6.07, 6.45) is 3.59. The van der Waals surface area contributed by atoms with Crippen LogP contribution in [-0.4, -0.2) is 21.6 Å². The number of nitrogens with zero attached hydrogens (tertiary/aromatic N) is 3. The summed E-state index contributed by atoms with van der Waals surface area (Å²) >= 11 is 1.61. The molecule has 0 aliphatic rings. The lowest BCUT2D eigenvalue weighted by molar-refractivity contribution is 0.182. The number of hydrogen-bond donors (Lipinski definition) is 0. The molecule has 4 nitrogen and oxygen atoms in total. The van der Waals surface area contributed by atoms with E-state index in [0.717, 1.165) is 16.4 Å². The Morgan fingerprint density at radius 2 is 2.43 bits per heavy atom. The molecule has 0 bridgehead atoms. The Balaban J connectivity index is 2.29. The predicted molar refractivity (Wildman–Crippen MR) is 55.0 cm³/mol. The van der Waals surface area contributed by atoms with Gasteiger partial charge in [0, 0.05) is 19.5 Å². The van der Waals surface area contributed by atoms with E-state index in [1.165, 1.54) is 0 Å². The van der Waals surface area contributed by atoms with E-state index in [-0.39, 0.29) is 0 Å². The molecule has 0 radical (unpaired) electrons. The Kier molecular flexibility index (Phi) is 2.60. The van der Waals surface area contributed by atoms with E-state index in [2.05, 4.69) is 9.97 Å². The van der Waals surface area contributed by atoms with Gasteiger partial charge in [-0.3, -0.25) is 0 Å². The van der Waals surface area contributed by atoms with Crippen LogP contribution in [-0.2, 0) is 18.4 Å². The summed E-state index contributed by atoms with van der Waals surface area (Å²) in [6.45, 7) is 0.564. The lowest BCUT2D eigenvalue weighted by atomic mass is 10.5. The Bertz CT molecular complexity index is 421. The van der Waals surface area contributed by atoms with Crippen molar-refractivity contribution in [3.63, 3.8) is 0 Å². The minimum absolute atomic E-state index is 0.564. The first kappa shape index (κ1) is 9.36. The van der Waals surface area contributed by atoms with Crippen LogP contribution in [0.4, 0.5) is 0 Å². The first-order valence-corrected chi connectivity index (χ1v) is 5.09. The number of imidazole rings is 1. The van der Waals surface area contributed by atoms with Gasteiger partial charge in [-0.05, 0) is 0 Å². The highest BCUT2D eigenvalue weighted by atomic mass is 32.1. The molecule has 5 heteroatoms. The number of rotatable bonds is 3. The summed E-state index contributed by atoms with van der Waals surface area (Å²) in [5, 5.41) is 2.99. The van der Waals surface area contributed by atoms with Gasteiger partial charge >= 0.3 is 0 Å². The van der Waals surface area contributed by atoms with Crippen molar-refractivity contribution in [2.75, 3.05) is 7.11 Å². The molecule has 0 amide bonds. The van der Waals surface area contributed by atoms with E-state index >= 15 is 0 Å². The van der Waals surface area contributed by atoms with E-state index in [9.17, 15) is 0 Å². The lowest BCUT2D eigenvalue weighted by Gasteiger charge is -1.95. The molecule has 2 aromatic rings. The van der Waals surface area contributed by atoms with E-state index in [0.29, 0.717) is 6.61 Å². The van der Waals surface area contributed by atoms with Crippen LogP contribution >= 0.6 is 11.3 Å². The standard InChI is InChI=1S/C9H11N3OS/c1-12-6-10-3-8(12)9-11-7(4-13-2)5-14-9/h3,5-6H,4H2,1-2H3. The minimum Gasteiger partial charge on any atom is -0.378 e. The highest BCUT2D eigenvalue weighted by molar-refractivity contribution is 7.13. The first-order chi connectivity index (χ1) is 6.81. The largest absolute Gasteiger partial charge is 0.378 e. The van der Waals surface area contributed by atoms with Gasteiger partial charge in [-0.2, -0.15) is 0 Å². The van der Waals surface area contributed by atoms with Gasteiger partial charge in [-0.1, -0.05) is 0 Å². The maximum absolute atomic E-state index is 5.01. The molecule has 0 unspecified atom stereocenters. The fourth-order valence-electron chi connectivity index (χ4n) is 1.20. The molecule has 0 fully saturated rings. The number of methoxy groups -OCH3 is 1. The van der Waals surface area contributed by atoms with Crippen molar-refractivity contribution in [2.24, 2.45) is 7.05 Å². The Morgan fingerprint density at radius 1 is 1.57 bits per heavy atom. The van der Waals surface area contributed by atoms with Crippen molar-refractivity contribution >= 4 is 11.3 Å². The average molecular weight is 209 g/mol. The third kappa shape index (κ3) is 1.69. The highest BCUT2D eigenvalue weighted by Gasteiger charge is 2.07. The molecule has 2 heterocycles. The van der Waals surface area contributed by atoms with Crippen molar-refractivity contribution in [1.82, 2.24) is 14.5 Å². The van der Waals surface area contributed by atoms with E-state index in [1.54, 1.807) is 24.8 Å². The Hall–Kier alpha value is -1.20. The van der Waals surface area contributed by atoms with Gasteiger partial charge in [0.15, 0.2) is 0 Å². The zero-order valence-electron chi connectivity index (χ0n) is 8.10. The van der Waals surface area contributed by atoms with Crippen molar-refractivity contribution in [2.45, 2.75) is 6.61 Å². The second-order valence-electron chi connectivity index (χ2n) is 2.97. The fraction of sp³-hybridized carbons (Fsp3) is 0.333. The topological polar surface area (TPSA) is 39.9 Å². The maximum atomic E-state index is 5.01. The van der Waals surface area contributed by atoms with Crippen molar-refractivity contribution in [3.8, 4) is 10.7 Å². The molecular formula is C9H11N3OS. The SMILES string of the molecule is COCc1csc(-c2cncn2C)n1. The minimum atomic E-state index is 0.564. The first-order valence-electron chi connectivity index (χ1n) is 4.21. The number of thiazole rings is 1. The summed E-state index contributed by atoms with van der Waals surface area (Å²) in [5.41, 5.74) is 2.01. The van der Waals surface area contributed by atoms with Crippen LogP contribution in [0.5, 0.6) is 0 Å². The molecule has 2 rings (SSSR count). The normalized spacial score (nSPS) is 10.7. The van der Waals surface area contributed by atoms with E-state index in [4.69, 9.17) is 4.74 Å². The molecule has 0 saturated carbocycles. The quantitative estimate of drug-likeness (QED) is 0.772. The molecule has 2 aromatic heterocycles. The van der Waals surface area contributed by atoms with Crippen LogP contribution in [0.15, 0.2) is 17.9 Å². The third-order valence-corrected chi connectivity index (χ3v) is 2.79. The number of aromatic nitrogens is 3. The molecule has 0 spiro atoms. The van der Waals surface area contributed by atoms with Crippen molar-refractivity contribution in [3.05, 3.63) is 23.6 Å². The van der Waals surface area contributed by atoms with Gasteiger partial charge < -0.3 is 9.30 Å².